The van der Waals surface area contributed by atoms with E-state index >= 15 is 0 Å². The third-order valence-corrected chi connectivity index (χ3v) is 2.94. The van der Waals surface area contributed by atoms with Crippen molar-refractivity contribution in [1.29, 1.82) is 0 Å². The summed E-state index contributed by atoms with van der Waals surface area (Å²) in [7, 11) is 0. The fraction of sp³-hybridized carbons (Fsp3) is 0.143. The molecule has 0 fully saturated rings. The number of para-hydroxylation sites is 2. The molecule has 4 heteroatoms. The number of nitrogens with one attached hydrogen (secondary N) is 1. The van der Waals surface area contributed by atoms with Crippen molar-refractivity contribution in [1.82, 2.24) is 0 Å². The van der Waals surface area contributed by atoms with Crippen LogP contribution < -0.4 is 10.1 Å². The van der Waals surface area contributed by atoms with Gasteiger partial charge in [-0.1, -0.05) is 12.1 Å². The molecule has 92 valence electrons. The number of rotatable bonds is 1. The van der Waals surface area contributed by atoms with Gasteiger partial charge in [-0.25, -0.2) is 8.78 Å². The number of hydrogen-bond acceptors (Lipinski definition) is 2. The Morgan fingerprint density at radius 2 is 1.94 bits per heavy atom. The number of benzene rings is 2. The summed E-state index contributed by atoms with van der Waals surface area (Å²) in [4.78, 5) is 0. The van der Waals surface area contributed by atoms with Crippen molar-refractivity contribution in [3.63, 3.8) is 0 Å². The topological polar surface area (TPSA) is 21.3 Å². The van der Waals surface area contributed by atoms with E-state index in [4.69, 9.17) is 4.74 Å². The van der Waals surface area contributed by atoms with Gasteiger partial charge in [-0.15, -0.1) is 0 Å². The Morgan fingerprint density at radius 1 is 1.11 bits per heavy atom. The summed E-state index contributed by atoms with van der Waals surface area (Å²) in [6.07, 6.45) is -0.444. The van der Waals surface area contributed by atoms with E-state index in [9.17, 15) is 8.78 Å². The monoisotopic (exact) mass is 247 g/mol. The van der Waals surface area contributed by atoms with E-state index in [-0.39, 0.29) is 0 Å². The number of hydrogen-bond donors (Lipinski definition) is 1. The largest absolute Gasteiger partial charge is 0.482 e. The lowest BCUT2D eigenvalue weighted by Gasteiger charge is -2.27. The standard InChI is InChI=1S/C14H11F2NO/c15-9-5-6-10(11(16)7-9)14-8-17-12-3-1-2-4-13(12)18-14/h1-7,14,17H,8H2. The zero-order chi connectivity index (χ0) is 12.5. The first-order valence-corrected chi connectivity index (χ1v) is 5.68. The Kier molecular flexibility index (Phi) is 2.63. The molecule has 0 spiro atoms. The van der Waals surface area contributed by atoms with Gasteiger partial charge in [0.2, 0.25) is 0 Å². The Morgan fingerprint density at radius 3 is 2.78 bits per heavy atom. The highest BCUT2D eigenvalue weighted by molar-refractivity contribution is 5.58. The molecular weight excluding hydrogens is 236 g/mol. The molecule has 0 saturated heterocycles. The smallest absolute Gasteiger partial charge is 0.144 e. The molecule has 1 heterocycles. The van der Waals surface area contributed by atoms with Crippen molar-refractivity contribution in [2.45, 2.75) is 6.10 Å². The van der Waals surface area contributed by atoms with Crippen LogP contribution in [0.3, 0.4) is 0 Å². The highest BCUT2D eigenvalue weighted by atomic mass is 19.1. The summed E-state index contributed by atoms with van der Waals surface area (Å²) in [6.45, 7) is 0.458. The van der Waals surface area contributed by atoms with Crippen molar-refractivity contribution in [3.05, 3.63) is 59.7 Å². The molecule has 2 nitrogen and oxygen atoms in total. The van der Waals surface area contributed by atoms with Crippen molar-refractivity contribution in [2.75, 3.05) is 11.9 Å². The second-order valence-electron chi connectivity index (χ2n) is 4.15. The third-order valence-electron chi connectivity index (χ3n) is 2.94. The van der Waals surface area contributed by atoms with Gasteiger partial charge in [0.1, 0.15) is 23.5 Å². The van der Waals surface area contributed by atoms with E-state index in [1.165, 1.54) is 12.1 Å². The average Bonchev–Trinajstić information content (AvgIpc) is 2.38. The van der Waals surface area contributed by atoms with Crippen LogP contribution >= 0.6 is 0 Å². The van der Waals surface area contributed by atoms with Crippen molar-refractivity contribution >= 4 is 5.69 Å². The molecule has 1 unspecified atom stereocenters. The van der Waals surface area contributed by atoms with Gasteiger partial charge in [0.15, 0.2) is 0 Å². The molecule has 0 aliphatic carbocycles. The molecule has 18 heavy (non-hydrogen) atoms. The van der Waals surface area contributed by atoms with E-state index in [1.54, 1.807) is 0 Å². The number of halogens is 2. The van der Waals surface area contributed by atoms with Crippen LogP contribution in [0.25, 0.3) is 0 Å². The molecule has 0 aromatic heterocycles. The summed E-state index contributed by atoms with van der Waals surface area (Å²) in [6, 6.07) is 11.0. The van der Waals surface area contributed by atoms with Gasteiger partial charge in [-0.05, 0) is 24.3 Å². The lowest BCUT2D eigenvalue weighted by Crippen LogP contribution is -2.24. The van der Waals surface area contributed by atoms with Gasteiger partial charge >= 0.3 is 0 Å². The van der Waals surface area contributed by atoms with E-state index in [2.05, 4.69) is 5.32 Å². The summed E-state index contributed by atoms with van der Waals surface area (Å²) >= 11 is 0. The van der Waals surface area contributed by atoms with Crippen LogP contribution in [0.5, 0.6) is 5.75 Å². The van der Waals surface area contributed by atoms with Gasteiger partial charge in [0, 0.05) is 11.6 Å². The van der Waals surface area contributed by atoms with Crippen LogP contribution in [0.15, 0.2) is 42.5 Å². The molecular formula is C14H11F2NO. The zero-order valence-electron chi connectivity index (χ0n) is 9.49. The van der Waals surface area contributed by atoms with Crippen molar-refractivity contribution in [2.24, 2.45) is 0 Å². The van der Waals surface area contributed by atoms with Crippen LogP contribution in [0.4, 0.5) is 14.5 Å². The average molecular weight is 247 g/mol. The van der Waals surface area contributed by atoms with Crippen LogP contribution in [-0.2, 0) is 0 Å². The minimum absolute atomic E-state index is 0.360. The second-order valence-corrected chi connectivity index (χ2v) is 4.15. The molecule has 0 radical (unpaired) electrons. The molecule has 3 rings (SSSR count). The van der Waals surface area contributed by atoms with Gasteiger partial charge in [-0.3, -0.25) is 0 Å². The molecule has 0 amide bonds. The fourth-order valence-corrected chi connectivity index (χ4v) is 2.05. The molecule has 1 aliphatic rings. The first kappa shape index (κ1) is 11.0. The number of ether oxygens (including phenoxy) is 1. The molecule has 0 bridgehead atoms. The molecule has 1 N–H and O–H groups in total. The van der Waals surface area contributed by atoms with E-state index in [0.29, 0.717) is 17.9 Å². The van der Waals surface area contributed by atoms with Crippen molar-refractivity contribution in [3.8, 4) is 5.75 Å². The fourth-order valence-electron chi connectivity index (χ4n) is 2.05. The zero-order valence-corrected chi connectivity index (χ0v) is 9.49. The van der Waals surface area contributed by atoms with Crippen LogP contribution in [0.1, 0.15) is 11.7 Å². The predicted octanol–water partition coefficient (Wildman–Crippen LogP) is 3.51. The third kappa shape index (κ3) is 1.90. The maximum Gasteiger partial charge on any atom is 0.144 e. The van der Waals surface area contributed by atoms with E-state index in [1.807, 2.05) is 24.3 Å². The summed E-state index contributed by atoms with van der Waals surface area (Å²) < 4.78 is 32.2. The van der Waals surface area contributed by atoms with Crippen LogP contribution in [0, 0.1) is 11.6 Å². The van der Waals surface area contributed by atoms with Gasteiger partial charge in [-0.2, -0.15) is 0 Å². The lowest BCUT2D eigenvalue weighted by molar-refractivity contribution is 0.205. The minimum atomic E-state index is -0.583. The normalized spacial score (nSPS) is 17.6. The summed E-state index contributed by atoms with van der Waals surface area (Å²) in [5, 5.41) is 3.17. The minimum Gasteiger partial charge on any atom is -0.482 e. The SMILES string of the molecule is Fc1ccc(C2CNc3ccccc3O2)c(F)c1. The highest BCUT2D eigenvalue weighted by Gasteiger charge is 2.23. The Bertz CT molecular complexity index is 586. The van der Waals surface area contributed by atoms with Gasteiger partial charge in [0.05, 0.1) is 12.2 Å². The van der Waals surface area contributed by atoms with Gasteiger partial charge in [0.25, 0.3) is 0 Å². The maximum absolute atomic E-state index is 13.7. The lowest BCUT2D eigenvalue weighted by atomic mass is 10.1. The van der Waals surface area contributed by atoms with Crippen molar-refractivity contribution < 1.29 is 13.5 Å². The first-order chi connectivity index (χ1) is 8.74. The molecule has 2 aromatic carbocycles. The van der Waals surface area contributed by atoms with E-state index in [0.717, 1.165) is 11.8 Å². The Balaban J connectivity index is 1.92. The Hall–Kier alpha value is -2.10. The van der Waals surface area contributed by atoms with Gasteiger partial charge < -0.3 is 10.1 Å². The summed E-state index contributed by atoms with van der Waals surface area (Å²) in [5.74, 6) is -0.487. The quantitative estimate of drug-likeness (QED) is 0.832. The van der Waals surface area contributed by atoms with E-state index < -0.39 is 17.7 Å². The molecule has 1 atom stereocenters. The first-order valence-electron chi connectivity index (χ1n) is 5.68. The second kappa shape index (κ2) is 4.29. The maximum atomic E-state index is 13.7. The highest BCUT2D eigenvalue weighted by Crippen LogP contribution is 2.34. The predicted molar refractivity (Wildman–Crippen MR) is 64.7 cm³/mol. The van der Waals surface area contributed by atoms with Crippen LogP contribution in [0.2, 0.25) is 0 Å². The number of anilines is 1. The molecule has 0 saturated carbocycles. The Labute approximate surface area is 103 Å². The molecule has 2 aromatic rings. The summed E-state index contributed by atoms with van der Waals surface area (Å²) in [5.41, 5.74) is 1.25. The number of fused-ring (bicyclic) bond motifs is 1. The molecule has 1 aliphatic heterocycles. The van der Waals surface area contributed by atoms with Crippen LogP contribution in [-0.4, -0.2) is 6.54 Å².